The van der Waals surface area contributed by atoms with Gasteiger partial charge in [0.05, 0.1) is 13.7 Å². The number of nitrogens with one attached hydrogen (secondary N) is 2. The first-order chi connectivity index (χ1) is 12.3. The van der Waals surface area contributed by atoms with Gasteiger partial charge in [-0.15, -0.1) is 35.3 Å². The lowest BCUT2D eigenvalue weighted by Gasteiger charge is -2.12. The van der Waals surface area contributed by atoms with Crippen molar-refractivity contribution < 1.29 is 17.9 Å². The summed E-state index contributed by atoms with van der Waals surface area (Å²) in [7, 11) is 3.24. The van der Waals surface area contributed by atoms with Crippen LogP contribution < -0.4 is 15.4 Å². The van der Waals surface area contributed by atoms with Gasteiger partial charge in [-0.2, -0.15) is 13.2 Å². The molecule has 5 nitrogen and oxygen atoms in total. The van der Waals surface area contributed by atoms with E-state index in [0.29, 0.717) is 17.5 Å². The summed E-state index contributed by atoms with van der Waals surface area (Å²) in [6.07, 6.45) is -3.66. The highest BCUT2D eigenvalue weighted by molar-refractivity contribution is 14.0. The number of halogens is 4. The molecule has 0 atom stereocenters. The lowest BCUT2D eigenvalue weighted by Crippen LogP contribution is -2.37. The van der Waals surface area contributed by atoms with Crippen LogP contribution in [-0.2, 0) is 19.1 Å². The van der Waals surface area contributed by atoms with Gasteiger partial charge in [-0.05, 0) is 30.5 Å². The molecule has 0 aliphatic heterocycles. The highest BCUT2D eigenvalue weighted by atomic mass is 127. The largest absolute Gasteiger partial charge is 0.496 e. The monoisotopic (exact) mass is 514 g/mol. The van der Waals surface area contributed by atoms with Crippen LogP contribution in [0.4, 0.5) is 13.2 Å². The summed E-state index contributed by atoms with van der Waals surface area (Å²) < 4.78 is 43.0. The molecular weight excluding hydrogens is 492 g/mol. The number of methoxy groups -OCH3 is 1. The van der Waals surface area contributed by atoms with Gasteiger partial charge >= 0.3 is 6.18 Å². The van der Waals surface area contributed by atoms with E-state index in [0.717, 1.165) is 40.0 Å². The van der Waals surface area contributed by atoms with Gasteiger partial charge in [0.25, 0.3) is 0 Å². The first-order valence-electron chi connectivity index (χ1n) is 7.93. The number of thiazole rings is 1. The molecule has 2 rings (SSSR count). The van der Waals surface area contributed by atoms with Crippen molar-refractivity contribution in [2.24, 2.45) is 4.99 Å². The quantitative estimate of drug-likeness (QED) is 0.348. The summed E-state index contributed by atoms with van der Waals surface area (Å²) in [5.74, 6) is 1.35. The molecule has 0 unspecified atom stereocenters. The van der Waals surface area contributed by atoms with Crippen LogP contribution in [0, 0.1) is 6.92 Å². The van der Waals surface area contributed by atoms with E-state index in [1.54, 1.807) is 14.2 Å². The Morgan fingerprint density at radius 2 is 2.04 bits per heavy atom. The van der Waals surface area contributed by atoms with Crippen molar-refractivity contribution >= 4 is 41.3 Å². The van der Waals surface area contributed by atoms with E-state index in [-0.39, 0.29) is 30.5 Å². The SMILES string of the molecule is CN=C(NCCc1ccc(C)c(OC)c1)NCc1nc(C(F)(F)F)cs1.I. The van der Waals surface area contributed by atoms with Gasteiger partial charge in [0, 0.05) is 19.0 Å². The minimum absolute atomic E-state index is 0. The Hall–Kier alpha value is -1.56. The number of benzene rings is 1. The predicted octanol–water partition coefficient (Wildman–Crippen LogP) is 4.00. The number of rotatable bonds is 6. The van der Waals surface area contributed by atoms with Gasteiger partial charge in [0.15, 0.2) is 11.7 Å². The second-order valence-corrected chi connectivity index (χ2v) is 6.47. The van der Waals surface area contributed by atoms with E-state index < -0.39 is 11.9 Å². The Kier molecular flexibility index (Phi) is 9.30. The molecule has 27 heavy (non-hydrogen) atoms. The molecule has 0 bridgehead atoms. The topological polar surface area (TPSA) is 58.5 Å². The molecule has 2 N–H and O–H groups in total. The summed E-state index contributed by atoms with van der Waals surface area (Å²) >= 11 is 0.965. The van der Waals surface area contributed by atoms with Gasteiger partial charge in [0.2, 0.25) is 0 Å². The Morgan fingerprint density at radius 3 is 2.63 bits per heavy atom. The van der Waals surface area contributed by atoms with Gasteiger partial charge in [-0.25, -0.2) is 4.98 Å². The Labute approximate surface area is 177 Å². The fourth-order valence-corrected chi connectivity index (χ4v) is 2.99. The van der Waals surface area contributed by atoms with Crippen LogP contribution in [-0.4, -0.2) is 31.6 Å². The fraction of sp³-hybridized carbons (Fsp3) is 0.412. The van der Waals surface area contributed by atoms with Crippen molar-refractivity contribution in [3.8, 4) is 5.75 Å². The van der Waals surface area contributed by atoms with E-state index in [1.165, 1.54) is 0 Å². The number of guanidine groups is 1. The summed E-state index contributed by atoms with van der Waals surface area (Å²) in [5.41, 5.74) is 1.32. The standard InChI is InChI=1S/C17H21F3N4OS.HI/c1-11-4-5-12(8-13(11)25-3)6-7-22-16(21-2)23-9-15-24-14(10-26-15)17(18,19)20;/h4-5,8,10H,6-7,9H2,1-3H3,(H2,21,22,23);1H. The van der Waals surface area contributed by atoms with Crippen LogP contribution in [0.2, 0.25) is 0 Å². The Morgan fingerprint density at radius 1 is 1.30 bits per heavy atom. The zero-order valence-corrected chi connectivity index (χ0v) is 18.3. The average Bonchev–Trinajstić information content (AvgIpc) is 3.08. The molecule has 0 radical (unpaired) electrons. The molecule has 10 heteroatoms. The third-order valence-electron chi connectivity index (χ3n) is 3.65. The summed E-state index contributed by atoms with van der Waals surface area (Å²) in [5, 5.41) is 7.46. The van der Waals surface area contributed by atoms with E-state index in [9.17, 15) is 13.2 Å². The first-order valence-corrected chi connectivity index (χ1v) is 8.81. The third kappa shape index (κ3) is 7.17. The molecule has 1 aromatic heterocycles. The maximum atomic E-state index is 12.6. The molecule has 0 aliphatic carbocycles. The van der Waals surface area contributed by atoms with Gasteiger partial charge < -0.3 is 15.4 Å². The number of ether oxygens (including phenoxy) is 1. The van der Waals surface area contributed by atoms with Gasteiger partial charge in [0.1, 0.15) is 10.8 Å². The number of nitrogens with zero attached hydrogens (tertiary/aromatic N) is 2. The van der Waals surface area contributed by atoms with E-state index in [4.69, 9.17) is 4.74 Å². The van der Waals surface area contributed by atoms with E-state index in [2.05, 4.69) is 20.6 Å². The number of aromatic nitrogens is 1. The van der Waals surface area contributed by atoms with Crippen molar-refractivity contribution in [1.29, 1.82) is 0 Å². The second-order valence-electron chi connectivity index (χ2n) is 5.53. The number of hydrogen-bond donors (Lipinski definition) is 2. The summed E-state index contributed by atoms with van der Waals surface area (Å²) in [6, 6.07) is 6.02. The van der Waals surface area contributed by atoms with Crippen LogP contribution in [0.15, 0.2) is 28.6 Å². The van der Waals surface area contributed by atoms with Crippen molar-refractivity contribution in [2.45, 2.75) is 26.1 Å². The lowest BCUT2D eigenvalue weighted by molar-refractivity contribution is -0.140. The van der Waals surface area contributed by atoms with Crippen molar-refractivity contribution in [3.05, 3.63) is 45.4 Å². The molecule has 0 fully saturated rings. The highest BCUT2D eigenvalue weighted by Gasteiger charge is 2.33. The molecular formula is C17H22F3IN4OS. The molecule has 2 aromatic rings. The third-order valence-corrected chi connectivity index (χ3v) is 4.50. The first kappa shape index (κ1) is 23.5. The smallest absolute Gasteiger partial charge is 0.434 e. The average molecular weight is 514 g/mol. The lowest BCUT2D eigenvalue weighted by atomic mass is 10.1. The van der Waals surface area contributed by atoms with Crippen LogP contribution in [0.5, 0.6) is 5.75 Å². The number of alkyl halides is 3. The molecule has 0 saturated carbocycles. The zero-order valence-electron chi connectivity index (χ0n) is 15.2. The van der Waals surface area contributed by atoms with Crippen LogP contribution in [0.3, 0.4) is 0 Å². The number of aryl methyl sites for hydroxylation is 1. The normalized spacial score (nSPS) is 11.7. The van der Waals surface area contributed by atoms with Gasteiger partial charge in [-0.3, -0.25) is 4.99 Å². The van der Waals surface area contributed by atoms with Crippen molar-refractivity contribution in [1.82, 2.24) is 15.6 Å². The fourth-order valence-electron chi connectivity index (χ4n) is 2.25. The Bertz CT molecular complexity index is 765. The number of aliphatic imine (C=N–C) groups is 1. The second kappa shape index (κ2) is 10.7. The molecule has 150 valence electrons. The Balaban J connectivity index is 0.00000364. The molecule has 1 heterocycles. The minimum Gasteiger partial charge on any atom is -0.496 e. The van der Waals surface area contributed by atoms with Gasteiger partial charge in [-0.1, -0.05) is 12.1 Å². The van der Waals surface area contributed by atoms with Crippen LogP contribution in [0.25, 0.3) is 0 Å². The van der Waals surface area contributed by atoms with Crippen molar-refractivity contribution in [3.63, 3.8) is 0 Å². The maximum Gasteiger partial charge on any atom is 0.434 e. The number of hydrogen-bond acceptors (Lipinski definition) is 4. The molecule has 0 saturated heterocycles. The highest BCUT2D eigenvalue weighted by Crippen LogP contribution is 2.29. The van der Waals surface area contributed by atoms with E-state index in [1.807, 2.05) is 25.1 Å². The van der Waals surface area contributed by atoms with Crippen molar-refractivity contribution in [2.75, 3.05) is 20.7 Å². The van der Waals surface area contributed by atoms with E-state index >= 15 is 0 Å². The summed E-state index contributed by atoms with van der Waals surface area (Å²) in [4.78, 5) is 7.64. The molecule has 1 aromatic carbocycles. The minimum atomic E-state index is -4.41. The maximum absolute atomic E-state index is 12.6. The van der Waals surface area contributed by atoms with Crippen LogP contribution in [0.1, 0.15) is 21.8 Å². The molecule has 0 spiro atoms. The molecule has 0 amide bonds. The summed E-state index contributed by atoms with van der Waals surface area (Å²) in [6.45, 7) is 2.78. The van der Waals surface area contributed by atoms with Crippen LogP contribution >= 0.6 is 35.3 Å². The zero-order chi connectivity index (χ0) is 19.2. The molecule has 0 aliphatic rings. The predicted molar refractivity (Wildman–Crippen MR) is 112 cm³/mol.